The summed E-state index contributed by atoms with van der Waals surface area (Å²) in [5.74, 6) is 1.80. The summed E-state index contributed by atoms with van der Waals surface area (Å²) in [6, 6.07) is 12.2. The normalized spacial score (nSPS) is 12.1. The molecular formula is C16H19NO2. The zero-order chi connectivity index (χ0) is 13.5. The summed E-state index contributed by atoms with van der Waals surface area (Å²) < 4.78 is 10.5. The van der Waals surface area contributed by atoms with Crippen LogP contribution in [0.15, 0.2) is 59.7 Å². The van der Waals surface area contributed by atoms with Crippen LogP contribution in [0.2, 0.25) is 0 Å². The Hall–Kier alpha value is -2.00. The van der Waals surface area contributed by atoms with E-state index < -0.39 is 0 Å². The van der Waals surface area contributed by atoms with Crippen molar-refractivity contribution in [3.63, 3.8) is 0 Å². The van der Waals surface area contributed by atoms with E-state index in [0.717, 1.165) is 17.9 Å². The molecule has 2 aromatic rings. The van der Waals surface area contributed by atoms with E-state index in [0.29, 0.717) is 6.54 Å². The van der Waals surface area contributed by atoms with Gasteiger partial charge in [-0.2, -0.15) is 0 Å². The number of furan rings is 1. The second-order valence-electron chi connectivity index (χ2n) is 4.31. The molecule has 0 saturated carbocycles. The average molecular weight is 257 g/mol. The molecule has 0 amide bonds. The van der Waals surface area contributed by atoms with Crippen LogP contribution in [0.5, 0.6) is 5.75 Å². The van der Waals surface area contributed by atoms with Gasteiger partial charge in [0.2, 0.25) is 0 Å². The molecule has 3 heteroatoms. The Bertz CT molecular complexity index is 488. The first-order chi connectivity index (χ1) is 9.33. The fourth-order valence-corrected chi connectivity index (χ4v) is 1.98. The summed E-state index contributed by atoms with van der Waals surface area (Å²) in [5.41, 5.74) is 1.22. The third kappa shape index (κ3) is 3.73. The Morgan fingerprint density at radius 3 is 2.68 bits per heavy atom. The second-order valence-corrected chi connectivity index (χ2v) is 4.31. The molecule has 0 aliphatic heterocycles. The highest BCUT2D eigenvalue weighted by Gasteiger charge is 2.10. The molecule has 1 N–H and O–H groups in total. The molecule has 0 unspecified atom stereocenters. The molecule has 0 saturated heterocycles. The van der Waals surface area contributed by atoms with E-state index in [9.17, 15) is 0 Å². The van der Waals surface area contributed by atoms with Crippen molar-refractivity contribution in [2.24, 2.45) is 0 Å². The molecule has 0 fully saturated rings. The van der Waals surface area contributed by atoms with Gasteiger partial charge in [0.25, 0.3) is 0 Å². The van der Waals surface area contributed by atoms with Gasteiger partial charge < -0.3 is 14.5 Å². The van der Waals surface area contributed by atoms with Crippen LogP contribution in [0.4, 0.5) is 0 Å². The number of methoxy groups -OCH3 is 1. The quantitative estimate of drug-likeness (QED) is 0.768. The van der Waals surface area contributed by atoms with Crippen LogP contribution < -0.4 is 10.1 Å². The van der Waals surface area contributed by atoms with Crippen LogP contribution >= 0.6 is 0 Å². The average Bonchev–Trinajstić information content (AvgIpc) is 2.97. The minimum atomic E-state index is 0.230. The Morgan fingerprint density at radius 2 is 2.11 bits per heavy atom. The fraction of sp³-hybridized carbons (Fsp3) is 0.250. The highest BCUT2D eigenvalue weighted by atomic mass is 16.5. The maximum atomic E-state index is 5.33. The first-order valence-electron chi connectivity index (χ1n) is 6.34. The largest absolute Gasteiger partial charge is 0.497 e. The molecule has 0 radical (unpaired) electrons. The van der Waals surface area contributed by atoms with Crippen LogP contribution in [0, 0.1) is 0 Å². The van der Waals surface area contributed by atoms with E-state index in [1.165, 1.54) is 5.56 Å². The van der Waals surface area contributed by atoms with E-state index >= 15 is 0 Å². The topological polar surface area (TPSA) is 34.4 Å². The number of ether oxygens (including phenoxy) is 1. The number of hydrogen-bond donors (Lipinski definition) is 1. The molecule has 1 heterocycles. The standard InChI is InChI=1S/C16H19NO2/c1-3-5-16(17-12-15-6-4-11-19-15)13-7-9-14(18-2)10-8-13/h3-4,6-11,16-17H,1,5,12H2,2H3/t16-/m0/s1. The van der Waals surface area contributed by atoms with Gasteiger partial charge in [-0.25, -0.2) is 0 Å². The van der Waals surface area contributed by atoms with Gasteiger partial charge in [-0.05, 0) is 36.2 Å². The van der Waals surface area contributed by atoms with Crippen molar-refractivity contribution in [1.29, 1.82) is 0 Å². The smallest absolute Gasteiger partial charge is 0.118 e. The Morgan fingerprint density at radius 1 is 1.32 bits per heavy atom. The number of hydrogen-bond acceptors (Lipinski definition) is 3. The molecule has 1 aromatic heterocycles. The Kier molecular flexibility index (Phi) is 4.81. The zero-order valence-electron chi connectivity index (χ0n) is 11.1. The monoisotopic (exact) mass is 257 g/mol. The summed E-state index contributed by atoms with van der Waals surface area (Å²) in [6.45, 7) is 4.52. The SMILES string of the molecule is C=CC[C@H](NCc1ccco1)c1ccc(OC)cc1. The maximum Gasteiger partial charge on any atom is 0.118 e. The van der Waals surface area contributed by atoms with E-state index in [-0.39, 0.29) is 6.04 Å². The molecule has 3 nitrogen and oxygen atoms in total. The van der Waals surface area contributed by atoms with E-state index in [2.05, 4.69) is 24.0 Å². The molecule has 0 aliphatic rings. The zero-order valence-corrected chi connectivity index (χ0v) is 11.1. The summed E-state index contributed by atoms with van der Waals surface area (Å²) in [5, 5.41) is 3.47. The third-order valence-corrected chi connectivity index (χ3v) is 3.02. The molecule has 0 bridgehead atoms. The first kappa shape index (κ1) is 13.4. The number of rotatable bonds is 7. The molecule has 19 heavy (non-hydrogen) atoms. The van der Waals surface area contributed by atoms with Crippen molar-refractivity contribution in [2.75, 3.05) is 7.11 Å². The number of benzene rings is 1. The van der Waals surface area contributed by atoms with Crippen LogP contribution in [0.25, 0.3) is 0 Å². The second kappa shape index (κ2) is 6.81. The number of nitrogens with one attached hydrogen (secondary N) is 1. The van der Waals surface area contributed by atoms with Crippen molar-refractivity contribution in [3.8, 4) is 5.75 Å². The van der Waals surface area contributed by atoms with E-state index in [1.54, 1.807) is 13.4 Å². The highest BCUT2D eigenvalue weighted by Crippen LogP contribution is 2.21. The minimum Gasteiger partial charge on any atom is -0.497 e. The molecule has 100 valence electrons. The van der Waals surface area contributed by atoms with Crippen molar-refractivity contribution in [1.82, 2.24) is 5.32 Å². The Labute approximate surface area is 113 Å². The van der Waals surface area contributed by atoms with Crippen molar-refractivity contribution >= 4 is 0 Å². The lowest BCUT2D eigenvalue weighted by atomic mass is 10.0. The summed E-state index contributed by atoms with van der Waals surface area (Å²) in [4.78, 5) is 0. The van der Waals surface area contributed by atoms with Gasteiger partial charge in [0.05, 0.1) is 19.9 Å². The van der Waals surface area contributed by atoms with Gasteiger partial charge in [0, 0.05) is 6.04 Å². The summed E-state index contributed by atoms with van der Waals surface area (Å²) >= 11 is 0. The molecule has 1 aromatic carbocycles. The maximum absolute atomic E-state index is 5.33. The van der Waals surface area contributed by atoms with Crippen LogP contribution in [-0.2, 0) is 6.54 Å². The summed E-state index contributed by atoms with van der Waals surface area (Å²) in [6.07, 6.45) is 4.48. The molecule has 2 rings (SSSR count). The third-order valence-electron chi connectivity index (χ3n) is 3.02. The molecular weight excluding hydrogens is 238 g/mol. The van der Waals surface area contributed by atoms with Gasteiger partial charge in [-0.15, -0.1) is 6.58 Å². The fourth-order valence-electron chi connectivity index (χ4n) is 1.98. The molecule has 0 aliphatic carbocycles. The van der Waals surface area contributed by atoms with Gasteiger partial charge in [-0.3, -0.25) is 0 Å². The molecule has 0 spiro atoms. The first-order valence-corrected chi connectivity index (χ1v) is 6.34. The van der Waals surface area contributed by atoms with Crippen molar-refractivity contribution < 1.29 is 9.15 Å². The van der Waals surface area contributed by atoms with E-state index in [1.807, 2.05) is 30.3 Å². The van der Waals surface area contributed by atoms with Crippen LogP contribution in [-0.4, -0.2) is 7.11 Å². The predicted molar refractivity (Wildman–Crippen MR) is 76.1 cm³/mol. The lowest BCUT2D eigenvalue weighted by molar-refractivity contribution is 0.414. The predicted octanol–water partition coefficient (Wildman–Crippen LogP) is 3.70. The van der Waals surface area contributed by atoms with Crippen LogP contribution in [0.3, 0.4) is 0 Å². The van der Waals surface area contributed by atoms with Crippen LogP contribution in [0.1, 0.15) is 23.8 Å². The van der Waals surface area contributed by atoms with Gasteiger partial charge in [-0.1, -0.05) is 18.2 Å². The minimum absolute atomic E-state index is 0.230. The van der Waals surface area contributed by atoms with Gasteiger partial charge >= 0.3 is 0 Å². The molecule has 1 atom stereocenters. The van der Waals surface area contributed by atoms with Gasteiger partial charge in [0.15, 0.2) is 0 Å². The van der Waals surface area contributed by atoms with Gasteiger partial charge in [0.1, 0.15) is 11.5 Å². The lowest BCUT2D eigenvalue weighted by Gasteiger charge is -2.17. The van der Waals surface area contributed by atoms with E-state index in [4.69, 9.17) is 9.15 Å². The van der Waals surface area contributed by atoms with Crippen molar-refractivity contribution in [2.45, 2.75) is 19.0 Å². The highest BCUT2D eigenvalue weighted by molar-refractivity contribution is 5.29. The Balaban J connectivity index is 2.03. The lowest BCUT2D eigenvalue weighted by Crippen LogP contribution is -2.20. The summed E-state index contributed by atoms with van der Waals surface area (Å²) in [7, 11) is 1.67. The van der Waals surface area contributed by atoms with Crippen molar-refractivity contribution in [3.05, 3.63) is 66.6 Å².